The Bertz CT molecular complexity index is 1380. The molecule has 0 saturated heterocycles. The van der Waals surface area contributed by atoms with Crippen molar-refractivity contribution in [1.29, 1.82) is 0 Å². The zero-order chi connectivity index (χ0) is 26.9. The average molecular weight is 540 g/mol. The van der Waals surface area contributed by atoms with Crippen LogP contribution >= 0.6 is 0 Å². The van der Waals surface area contributed by atoms with E-state index in [0.717, 1.165) is 16.6 Å². The molecular formula is C23H29N3O8S2. The van der Waals surface area contributed by atoms with Crippen LogP contribution in [-0.4, -0.2) is 59.9 Å². The van der Waals surface area contributed by atoms with E-state index in [1.54, 1.807) is 20.8 Å². The molecule has 1 aliphatic rings. The molecule has 1 atom stereocenters. The van der Waals surface area contributed by atoms with Crippen molar-refractivity contribution >= 4 is 43.2 Å². The maximum absolute atomic E-state index is 13.7. The van der Waals surface area contributed by atoms with Gasteiger partial charge in [-0.1, -0.05) is 6.07 Å². The number of fused-ring (bicyclic) bond motifs is 1. The van der Waals surface area contributed by atoms with Gasteiger partial charge in [-0.15, -0.1) is 0 Å². The largest absolute Gasteiger partial charge is 0.484 e. The van der Waals surface area contributed by atoms with E-state index in [4.69, 9.17) is 9.47 Å². The first-order valence-electron chi connectivity index (χ1n) is 10.9. The maximum Gasteiger partial charge on any atom is 0.412 e. The number of nitrogens with zero attached hydrogens (tertiary/aromatic N) is 1. The summed E-state index contributed by atoms with van der Waals surface area (Å²) < 4.78 is 63.7. The van der Waals surface area contributed by atoms with E-state index in [-0.39, 0.29) is 45.9 Å². The molecule has 0 spiro atoms. The van der Waals surface area contributed by atoms with Gasteiger partial charge in [-0.3, -0.25) is 14.4 Å². The zero-order valence-electron chi connectivity index (χ0n) is 20.6. The van der Waals surface area contributed by atoms with Crippen LogP contribution in [0.15, 0.2) is 52.3 Å². The summed E-state index contributed by atoms with van der Waals surface area (Å²) in [6.45, 7) is 6.33. The van der Waals surface area contributed by atoms with Gasteiger partial charge in [-0.05, 0) is 57.2 Å². The van der Waals surface area contributed by atoms with Crippen molar-refractivity contribution in [2.45, 2.75) is 49.2 Å². The van der Waals surface area contributed by atoms with E-state index in [1.807, 2.05) is 0 Å². The minimum absolute atomic E-state index is 0.0437. The molecule has 0 aliphatic carbocycles. The topological polar surface area (TPSA) is 148 Å². The van der Waals surface area contributed by atoms with Crippen LogP contribution in [0.1, 0.15) is 27.7 Å². The summed E-state index contributed by atoms with van der Waals surface area (Å²) in [5.41, 5.74) is -0.345. The van der Waals surface area contributed by atoms with E-state index in [1.165, 1.54) is 43.3 Å². The van der Waals surface area contributed by atoms with Crippen LogP contribution in [0.3, 0.4) is 0 Å². The van der Waals surface area contributed by atoms with Crippen LogP contribution in [0.25, 0.3) is 0 Å². The van der Waals surface area contributed by atoms with Crippen molar-refractivity contribution < 1.29 is 35.9 Å². The molecule has 1 heterocycles. The van der Waals surface area contributed by atoms with Crippen molar-refractivity contribution in [2.24, 2.45) is 0 Å². The summed E-state index contributed by atoms with van der Waals surface area (Å²) >= 11 is 0. The molecule has 0 bridgehead atoms. The van der Waals surface area contributed by atoms with Crippen molar-refractivity contribution in [2.75, 3.05) is 29.0 Å². The van der Waals surface area contributed by atoms with Crippen LogP contribution in [0.5, 0.6) is 5.75 Å². The third-order valence-corrected chi connectivity index (χ3v) is 7.82. The Balaban J connectivity index is 2.04. The van der Waals surface area contributed by atoms with Crippen molar-refractivity contribution in [3.63, 3.8) is 0 Å². The van der Waals surface area contributed by atoms with E-state index in [0.29, 0.717) is 0 Å². The van der Waals surface area contributed by atoms with E-state index in [2.05, 4.69) is 10.6 Å². The normalized spacial score (nSPS) is 15.9. The third-order valence-electron chi connectivity index (χ3n) is 4.94. The number of amides is 2. The second-order valence-electron chi connectivity index (χ2n) is 9.27. The molecule has 36 heavy (non-hydrogen) atoms. The van der Waals surface area contributed by atoms with Crippen LogP contribution in [0.4, 0.5) is 16.2 Å². The summed E-state index contributed by atoms with van der Waals surface area (Å²) in [4.78, 5) is 23.3. The number of sulfone groups is 1. The van der Waals surface area contributed by atoms with Gasteiger partial charge in [0, 0.05) is 18.9 Å². The third kappa shape index (κ3) is 6.66. The summed E-state index contributed by atoms with van der Waals surface area (Å²) in [6.07, 6.45) is -0.460. The standard InChI is InChI=1S/C23H29N3O8S2/c1-15(27)24-13-17-14-26(36(31,32)19-8-6-7-18(12-19)35(5,29)30)20-11-16(9-10-21(20)33-17)25-22(28)34-23(2,3)4/h6-12,17H,13-14H2,1-5H3,(H,24,27)(H,25,28). The van der Waals surface area contributed by atoms with Crippen LogP contribution < -0.4 is 19.7 Å². The Morgan fingerprint density at radius 2 is 1.75 bits per heavy atom. The lowest BCUT2D eigenvalue weighted by Crippen LogP contribution is -2.48. The smallest absolute Gasteiger partial charge is 0.412 e. The minimum atomic E-state index is -4.27. The molecule has 0 radical (unpaired) electrons. The Kier molecular flexibility index (Phi) is 7.55. The first-order valence-corrected chi connectivity index (χ1v) is 14.3. The average Bonchev–Trinajstić information content (AvgIpc) is 2.75. The summed E-state index contributed by atoms with van der Waals surface area (Å²) in [5, 5.41) is 5.17. The molecule has 0 fully saturated rings. The van der Waals surface area contributed by atoms with Gasteiger partial charge in [0.1, 0.15) is 17.5 Å². The molecule has 2 amide bonds. The Morgan fingerprint density at radius 3 is 2.36 bits per heavy atom. The summed E-state index contributed by atoms with van der Waals surface area (Å²) in [7, 11) is -7.93. The van der Waals surface area contributed by atoms with Crippen molar-refractivity contribution in [3.8, 4) is 5.75 Å². The molecule has 0 saturated carbocycles. The Labute approximate surface area is 210 Å². The maximum atomic E-state index is 13.7. The lowest BCUT2D eigenvalue weighted by molar-refractivity contribution is -0.119. The predicted molar refractivity (Wildman–Crippen MR) is 133 cm³/mol. The van der Waals surface area contributed by atoms with Crippen LogP contribution in [0, 0.1) is 0 Å². The number of anilines is 2. The number of ether oxygens (including phenoxy) is 2. The number of hydrogen-bond donors (Lipinski definition) is 2. The Morgan fingerprint density at radius 1 is 1.08 bits per heavy atom. The molecule has 0 aromatic heterocycles. The van der Waals surface area contributed by atoms with Gasteiger partial charge >= 0.3 is 6.09 Å². The molecule has 1 aliphatic heterocycles. The molecule has 1 unspecified atom stereocenters. The van der Waals surface area contributed by atoms with Gasteiger partial charge in [0.15, 0.2) is 9.84 Å². The zero-order valence-corrected chi connectivity index (χ0v) is 22.2. The molecule has 2 aromatic rings. The van der Waals surface area contributed by atoms with E-state index in [9.17, 15) is 26.4 Å². The monoisotopic (exact) mass is 539 g/mol. The van der Waals surface area contributed by atoms with Crippen molar-refractivity contribution in [3.05, 3.63) is 42.5 Å². The van der Waals surface area contributed by atoms with E-state index < -0.39 is 37.7 Å². The number of carbonyl (C=O) groups excluding carboxylic acids is 2. The lowest BCUT2D eigenvalue weighted by Gasteiger charge is -2.35. The lowest BCUT2D eigenvalue weighted by atomic mass is 10.2. The van der Waals surface area contributed by atoms with E-state index >= 15 is 0 Å². The van der Waals surface area contributed by atoms with Gasteiger partial charge in [0.05, 0.1) is 28.6 Å². The highest BCUT2D eigenvalue weighted by atomic mass is 32.2. The molecule has 196 valence electrons. The first kappa shape index (κ1) is 27.3. The highest BCUT2D eigenvalue weighted by molar-refractivity contribution is 7.93. The number of carbonyl (C=O) groups is 2. The molecular weight excluding hydrogens is 510 g/mol. The van der Waals surface area contributed by atoms with Gasteiger partial charge in [0.25, 0.3) is 10.0 Å². The quantitative estimate of drug-likeness (QED) is 0.569. The number of sulfonamides is 1. The second-order valence-corrected chi connectivity index (χ2v) is 13.1. The number of hydrogen-bond acceptors (Lipinski definition) is 8. The fraction of sp³-hybridized carbons (Fsp3) is 0.391. The van der Waals surface area contributed by atoms with Gasteiger partial charge < -0.3 is 14.8 Å². The summed E-state index contributed by atoms with van der Waals surface area (Å²) in [5.74, 6) is -0.106. The molecule has 2 aromatic carbocycles. The highest BCUT2D eigenvalue weighted by Gasteiger charge is 2.35. The Hall–Kier alpha value is -3.32. The fourth-order valence-electron chi connectivity index (χ4n) is 3.40. The summed E-state index contributed by atoms with van der Waals surface area (Å²) in [6, 6.07) is 9.49. The van der Waals surface area contributed by atoms with Crippen LogP contribution in [-0.2, 0) is 29.4 Å². The first-order chi connectivity index (χ1) is 16.6. The van der Waals surface area contributed by atoms with Gasteiger partial charge in [-0.25, -0.2) is 21.6 Å². The van der Waals surface area contributed by atoms with Gasteiger partial charge in [-0.2, -0.15) is 0 Å². The predicted octanol–water partition coefficient (Wildman–Crippen LogP) is 2.53. The van der Waals surface area contributed by atoms with Gasteiger partial charge in [0.2, 0.25) is 5.91 Å². The molecule has 13 heteroatoms. The fourth-order valence-corrected chi connectivity index (χ4v) is 5.68. The molecule has 11 nitrogen and oxygen atoms in total. The number of benzene rings is 2. The minimum Gasteiger partial charge on any atom is -0.484 e. The SMILES string of the molecule is CC(=O)NCC1CN(S(=O)(=O)c2cccc(S(C)(=O)=O)c2)c2cc(NC(=O)OC(C)(C)C)ccc2O1. The highest BCUT2D eigenvalue weighted by Crippen LogP contribution is 2.39. The van der Waals surface area contributed by atoms with Crippen molar-refractivity contribution in [1.82, 2.24) is 5.32 Å². The molecule has 3 rings (SSSR count). The van der Waals surface area contributed by atoms with Crippen LogP contribution in [0.2, 0.25) is 0 Å². The second kappa shape index (κ2) is 9.97. The number of nitrogens with one attached hydrogen (secondary N) is 2. The number of rotatable bonds is 6. The molecule has 2 N–H and O–H groups in total.